The van der Waals surface area contributed by atoms with Gasteiger partial charge in [0.25, 0.3) is 6.26 Å². The smallest absolute Gasteiger partial charge is 0.286 e. The summed E-state index contributed by atoms with van der Waals surface area (Å²) in [6.07, 6.45) is 1.97. The Morgan fingerprint density at radius 3 is 2.77 bits per heavy atom. The average Bonchev–Trinajstić information content (AvgIpc) is 2.76. The van der Waals surface area contributed by atoms with Gasteiger partial charge in [0.05, 0.1) is 6.10 Å². The average molecular weight is 435 g/mol. The Morgan fingerprint density at radius 1 is 1.33 bits per heavy atom. The number of rotatable bonds is 7. The lowest BCUT2D eigenvalue weighted by atomic mass is 9.78. The topological polar surface area (TPSA) is 88.8 Å². The lowest BCUT2D eigenvalue weighted by molar-refractivity contribution is -0.130. The molecule has 2 aliphatic rings. The van der Waals surface area contributed by atoms with E-state index in [0.717, 1.165) is 32.6 Å². The summed E-state index contributed by atoms with van der Waals surface area (Å²) >= 11 is 5.66. The van der Waals surface area contributed by atoms with E-state index in [4.69, 9.17) is 21.6 Å². The fourth-order valence-electron chi connectivity index (χ4n) is 4.63. The van der Waals surface area contributed by atoms with Crippen LogP contribution in [-0.4, -0.2) is 77.7 Å². The SMILES string of the molecule is CCNC1CC(c2cccc(CN3CCN(C(=O)CCl)CC3)c2)CC(O)C1OC#N. The van der Waals surface area contributed by atoms with Gasteiger partial charge in [0.15, 0.2) is 6.10 Å². The van der Waals surface area contributed by atoms with E-state index in [2.05, 4.69) is 34.5 Å². The molecule has 3 rings (SSSR count). The number of halogens is 1. The highest BCUT2D eigenvalue weighted by molar-refractivity contribution is 6.27. The van der Waals surface area contributed by atoms with E-state index in [1.165, 1.54) is 11.1 Å². The predicted molar refractivity (Wildman–Crippen MR) is 115 cm³/mol. The standard InChI is InChI=1S/C22H31ClN4O3/c1-2-25-19-11-18(12-20(28)22(19)30-15-24)17-5-3-4-16(10-17)14-26-6-8-27(9-7-26)21(29)13-23/h3-5,10,18-20,22,25,28H,2,6-9,11-14H2,1H3. The van der Waals surface area contributed by atoms with Crippen LogP contribution in [0.2, 0.25) is 0 Å². The summed E-state index contributed by atoms with van der Waals surface area (Å²) in [6.45, 7) is 6.71. The van der Waals surface area contributed by atoms with Gasteiger partial charge in [0.2, 0.25) is 5.91 Å². The molecule has 2 fully saturated rings. The van der Waals surface area contributed by atoms with E-state index < -0.39 is 12.2 Å². The molecule has 1 aliphatic carbocycles. The molecule has 1 saturated carbocycles. The predicted octanol–water partition coefficient (Wildman–Crippen LogP) is 1.65. The zero-order chi connectivity index (χ0) is 21.5. The number of nitrogens with one attached hydrogen (secondary N) is 1. The molecule has 0 spiro atoms. The van der Waals surface area contributed by atoms with Crippen LogP contribution in [0.15, 0.2) is 24.3 Å². The summed E-state index contributed by atoms with van der Waals surface area (Å²) in [7, 11) is 0. The number of hydrogen-bond donors (Lipinski definition) is 2. The number of ether oxygens (including phenoxy) is 1. The van der Waals surface area contributed by atoms with Gasteiger partial charge < -0.3 is 20.1 Å². The second-order valence-corrected chi connectivity index (χ2v) is 8.38. The van der Waals surface area contributed by atoms with Crippen LogP contribution in [-0.2, 0) is 16.1 Å². The van der Waals surface area contributed by atoms with Gasteiger partial charge in [0, 0.05) is 38.8 Å². The highest BCUT2D eigenvalue weighted by Gasteiger charge is 2.39. The molecule has 164 valence electrons. The van der Waals surface area contributed by atoms with Gasteiger partial charge >= 0.3 is 0 Å². The Bertz CT molecular complexity index is 748. The van der Waals surface area contributed by atoms with Crippen molar-refractivity contribution in [1.82, 2.24) is 15.1 Å². The summed E-state index contributed by atoms with van der Waals surface area (Å²) in [5, 5.41) is 22.9. The maximum absolute atomic E-state index is 11.7. The molecule has 8 heteroatoms. The van der Waals surface area contributed by atoms with Crippen molar-refractivity contribution >= 4 is 17.5 Å². The van der Waals surface area contributed by atoms with E-state index in [-0.39, 0.29) is 23.7 Å². The van der Waals surface area contributed by atoms with Crippen LogP contribution >= 0.6 is 11.6 Å². The number of likely N-dealkylation sites (N-methyl/N-ethyl adjacent to an activating group) is 1. The third-order valence-electron chi connectivity index (χ3n) is 6.16. The zero-order valence-corrected chi connectivity index (χ0v) is 18.2. The monoisotopic (exact) mass is 434 g/mol. The summed E-state index contributed by atoms with van der Waals surface area (Å²) in [5.74, 6) is 0.257. The fourth-order valence-corrected chi connectivity index (χ4v) is 4.80. The summed E-state index contributed by atoms with van der Waals surface area (Å²) in [4.78, 5) is 15.9. The quantitative estimate of drug-likeness (QED) is 0.501. The maximum Gasteiger partial charge on any atom is 0.286 e. The van der Waals surface area contributed by atoms with Crippen molar-refractivity contribution in [2.45, 2.75) is 50.5 Å². The van der Waals surface area contributed by atoms with Crippen LogP contribution in [0.5, 0.6) is 0 Å². The molecule has 1 aromatic carbocycles. The second-order valence-electron chi connectivity index (χ2n) is 8.11. The van der Waals surface area contributed by atoms with Crippen molar-refractivity contribution in [3.05, 3.63) is 35.4 Å². The number of amides is 1. The molecule has 4 unspecified atom stereocenters. The Hall–Kier alpha value is -1.85. The minimum Gasteiger partial charge on any atom is -0.420 e. The fraction of sp³-hybridized carbons (Fsp3) is 0.636. The molecular weight excluding hydrogens is 404 g/mol. The number of benzene rings is 1. The molecule has 1 saturated heterocycles. The minimum absolute atomic E-state index is 0.00287. The third kappa shape index (κ3) is 5.64. The Kier molecular flexibility index (Phi) is 8.34. The number of nitrogens with zero attached hydrogens (tertiary/aromatic N) is 3. The summed E-state index contributed by atoms with van der Waals surface area (Å²) < 4.78 is 5.15. The van der Waals surface area contributed by atoms with Gasteiger partial charge in [-0.3, -0.25) is 9.69 Å². The zero-order valence-electron chi connectivity index (χ0n) is 17.5. The van der Waals surface area contributed by atoms with E-state index in [9.17, 15) is 9.90 Å². The Morgan fingerprint density at radius 2 is 2.10 bits per heavy atom. The van der Waals surface area contributed by atoms with Gasteiger partial charge in [-0.25, -0.2) is 0 Å². The Balaban J connectivity index is 1.63. The first kappa shape index (κ1) is 22.8. The summed E-state index contributed by atoms with van der Waals surface area (Å²) in [6, 6.07) is 8.49. The lowest BCUT2D eigenvalue weighted by Crippen LogP contribution is -2.51. The van der Waals surface area contributed by atoms with Crippen LogP contribution in [0.25, 0.3) is 0 Å². The number of carbonyl (C=O) groups is 1. The van der Waals surface area contributed by atoms with Crippen LogP contribution in [0, 0.1) is 11.5 Å². The van der Waals surface area contributed by atoms with Crippen molar-refractivity contribution in [3.63, 3.8) is 0 Å². The molecule has 2 N–H and O–H groups in total. The van der Waals surface area contributed by atoms with Gasteiger partial charge in [-0.05, 0) is 36.4 Å². The molecule has 1 aromatic rings. The Labute approximate surface area is 183 Å². The molecule has 1 aliphatic heterocycles. The van der Waals surface area contributed by atoms with Crippen molar-refractivity contribution < 1.29 is 14.6 Å². The van der Waals surface area contributed by atoms with Crippen LogP contribution < -0.4 is 5.32 Å². The first-order chi connectivity index (χ1) is 14.5. The van der Waals surface area contributed by atoms with Crippen molar-refractivity contribution in [1.29, 1.82) is 5.26 Å². The van der Waals surface area contributed by atoms with Gasteiger partial charge in [0.1, 0.15) is 5.88 Å². The number of hydrogen-bond acceptors (Lipinski definition) is 6. The highest BCUT2D eigenvalue weighted by atomic mass is 35.5. The van der Waals surface area contributed by atoms with E-state index >= 15 is 0 Å². The van der Waals surface area contributed by atoms with E-state index in [1.807, 2.05) is 11.8 Å². The number of piperazine rings is 1. The molecule has 4 atom stereocenters. The number of carbonyl (C=O) groups excluding carboxylic acids is 1. The molecular formula is C22H31ClN4O3. The summed E-state index contributed by atoms with van der Waals surface area (Å²) in [5.41, 5.74) is 2.44. The number of alkyl halides is 1. The van der Waals surface area contributed by atoms with Crippen LogP contribution in [0.4, 0.5) is 0 Å². The third-order valence-corrected chi connectivity index (χ3v) is 6.39. The molecule has 7 nitrogen and oxygen atoms in total. The molecule has 1 heterocycles. The lowest BCUT2D eigenvalue weighted by Gasteiger charge is -2.38. The molecule has 0 aromatic heterocycles. The van der Waals surface area contributed by atoms with Crippen molar-refractivity contribution in [3.8, 4) is 6.26 Å². The molecule has 1 amide bonds. The van der Waals surface area contributed by atoms with Gasteiger partial charge in [-0.1, -0.05) is 31.2 Å². The second kappa shape index (κ2) is 11.0. The van der Waals surface area contributed by atoms with Crippen LogP contribution in [0.1, 0.15) is 36.8 Å². The normalized spacial score (nSPS) is 27.5. The van der Waals surface area contributed by atoms with Crippen LogP contribution in [0.3, 0.4) is 0 Å². The molecule has 30 heavy (non-hydrogen) atoms. The van der Waals surface area contributed by atoms with Gasteiger partial charge in [-0.15, -0.1) is 11.6 Å². The first-order valence-electron chi connectivity index (χ1n) is 10.7. The van der Waals surface area contributed by atoms with Crippen molar-refractivity contribution in [2.24, 2.45) is 0 Å². The molecule has 0 bridgehead atoms. The first-order valence-corrected chi connectivity index (χ1v) is 11.2. The largest absolute Gasteiger partial charge is 0.420 e. The highest BCUT2D eigenvalue weighted by Crippen LogP contribution is 2.35. The minimum atomic E-state index is -0.677. The van der Waals surface area contributed by atoms with Crippen molar-refractivity contribution in [2.75, 3.05) is 38.6 Å². The van der Waals surface area contributed by atoms with Gasteiger partial charge in [-0.2, -0.15) is 5.26 Å². The maximum atomic E-state index is 11.7. The number of aliphatic hydroxyl groups is 1. The molecule has 0 radical (unpaired) electrons. The number of nitriles is 1. The van der Waals surface area contributed by atoms with E-state index in [0.29, 0.717) is 19.5 Å². The number of aliphatic hydroxyl groups excluding tert-OH is 1. The van der Waals surface area contributed by atoms with E-state index in [1.54, 1.807) is 6.26 Å².